The van der Waals surface area contributed by atoms with E-state index in [1.165, 1.54) is 5.01 Å². The van der Waals surface area contributed by atoms with Gasteiger partial charge in [-0.2, -0.15) is 0 Å². The molecule has 0 aromatic rings. The van der Waals surface area contributed by atoms with Crippen LogP contribution in [0, 0.1) is 0 Å². The van der Waals surface area contributed by atoms with Crippen molar-refractivity contribution in [2.24, 2.45) is 5.16 Å². The monoisotopic (exact) mass is 305 g/mol. The van der Waals surface area contributed by atoms with E-state index in [-0.39, 0.29) is 6.54 Å². The Morgan fingerprint density at radius 2 is 2.18 bits per heavy atom. The smallest absolute Gasteiger partial charge is 0.429 e. The second kappa shape index (κ2) is 6.68. The van der Waals surface area contributed by atoms with Gasteiger partial charge >= 0.3 is 6.09 Å². The lowest BCUT2D eigenvalue weighted by Crippen LogP contribution is -2.52. The maximum absolute atomic E-state index is 12.2. The summed E-state index contributed by atoms with van der Waals surface area (Å²) in [6.45, 7) is 9.71. The molecule has 22 heavy (non-hydrogen) atoms. The fraction of sp³-hybridized carbons (Fsp3) is 0.500. The van der Waals surface area contributed by atoms with Crippen molar-refractivity contribution in [1.29, 1.82) is 0 Å². The minimum Gasteiger partial charge on any atom is -0.442 e. The number of nitrogens with one attached hydrogen (secondary N) is 1. The summed E-state index contributed by atoms with van der Waals surface area (Å²) < 4.78 is 5.40. The van der Waals surface area contributed by atoms with Crippen molar-refractivity contribution in [1.82, 2.24) is 10.4 Å². The molecular formula is C16H23N3O3. The molecule has 0 aromatic carbocycles. The molecule has 0 radical (unpaired) electrons. The predicted octanol–water partition coefficient (Wildman–Crippen LogP) is 2.90. The van der Waals surface area contributed by atoms with E-state index in [4.69, 9.17) is 9.57 Å². The van der Waals surface area contributed by atoms with Crippen LogP contribution in [0.1, 0.15) is 33.6 Å². The van der Waals surface area contributed by atoms with Gasteiger partial charge in [0.2, 0.25) is 0 Å². The lowest BCUT2D eigenvalue weighted by Gasteiger charge is -2.34. The largest absolute Gasteiger partial charge is 0.442 e. The number of hydrazine groups is 1. The van der Waals surface area contributed by atoms with Crippen molar-refractivity contribution < 1.29 is 14.4 Å². The summed E-state index contributed by atoms with van der Waals surface area (Å²) >= 11 is 0. The lowest BCUT2D eigenvalue weighted by molar-refractivity contribution is 0.0194. The highest BCUT2D eigenvalue weighted by Crippen LogP contribution is 2.23. The molecule has 1 amide bonds. The number of carbonyl (C=O) groups is 1. The zero-order chi connectivity index (χ0) is 16.2. The molecule has 0 aromatic heterocycles. The summed E-state index contributed by atoms with van der Waals surface area (Å²) in [5.74, 6) is 0. The average Bonchev–Trinajstić information content (AvgIpc) is 2.45. The van der Waals surface area contributed by atoms with Gasteiger partial charge in [0.25, 0.3) is 0 Å². The number of carbonyl (C=O) groups excluding carboxylic acids is 1. The fourth-order valence-electron chi connectivity index (χ4n) is 2.15. The Morgan fingerprint density at radius 3 is 2.86 bits per heavy atom. The topological polar surface area (TPSA) is 63.2 Å². The molecule has 6 heteroatoms. The summed E-state index contributed by atoms with van der Waals surface area (Å²) in [4.78, 5) is 17.4. The number of amides is 1. The summed E-state index contributed by atoms with van der Waals surface area (Å²) in [6.07, 6.45) is 7.22. The van der Waals surface area contributed by atoms with Crippen LogP contribution in [-0.2, 0) is 9.57 Å². The minimum atomic E-state index is -0.549. The standard InChI is InChI=1S/C16H23N3O3/c1-5-10-21-18-14-11-19(15(20)22-16(2,3)4)17-13-9-7-6-8-12(13)14/h5,8-9,17H,1,6-7,10-11H2,2-4H3/b18-14+. The van der Waals surface area contributed by atoms with Crippen molar-refractivity contribution in [3.05, 3.63) is 36.1 Å². The quantitative estimate of drug-likeness (QED) is 0.495. The second-order valence-electron chi connectivity index (χ2n) is 6.11. The van der Waals surface area contributed by atoms with Gasteiger partial charge in [-0.25, -0.2) is 9.80 Å². The zero-order valence-electron chi connectivity index (χ0n) is 13.4. The average molecular weight is 305 g/mol. The van der Waals surface area contributed by atoms with E-state index in [2.05, 4.69) is 29.3 Å². The van der Waals surface area contributed by atoms with E-state index in [1.807, 2.05) is 20.8 Å². The van der Waals surface area contributed by atoms with Gasteiger partial charge in [-0.3, -0.25) is 5.43 Å². The molecule has 1 saturated heterocycles. The first-order valence-corrected chi connectivity index (χ1v) is 7.38. The van der Waals surface area contributed by atoms with Gasteiger partial charge < -0.3 is 9.57 Å². The Morgan fingerprint density at radius 1 is 1.45 bits per heavy atom. The third-order valence-electron chi connectivity index (χ3n) is 3.01. The summed E-state index contributed by atoms with van der Waals surface area (Å²) in [5.41, 5.74) is 5.10. The summed E-state index contributed by atoms with van der Waals surface area (Å²) in [6, 6.07) is 0. The van der Waals surface area contributed by atoms with E-state index in [9.17, 15) is 4.79 Å². The highest BCUT2D eigenvalue weighted by molar-refractivity contribution is 6.07. The number of hydrogen-bond acceptors (Lipinski definition) is 5. The molecule has 0 spiro atoms. The van der Waals surface area contributed by atoms with E-state index in [0.29, 0.717) is 12.3 Å². The van der Waals surface area contributed by atoms with Crippen LogP contribution >= 0.6 is 0 Å². The first kappa shape index (κ1) is 16.1. The van der Waals surface area contributed by atoms with Crippen LogP contribution in [0.5, 0.6) is 0 Å². The van der Waals surface area contributed by atoms with Gasteiger partial charge in [0, 0.05) is 5.57 Å². The van der Waals surface area contributed by atoms with E-state index in [1.54, 1.807) is 6.08 Å². The van der Waals surface area contributed by atoms with Crippen LogP contribution < -0.4 is 5.43 Å². The molecule has 2 aliphatic rings. The maximum atomic E-state index is 12.2. The molecule has 0 atom stereocenters. The molecule has 120 valence electrons. The number of allylic oxidation sites excluding steroid dienone is 3. The molecule has 0 unspecified atom stereocenters. The van der Waals surface area contributed by atoms with Crippen molar-refractivity contribution in [2.75, 3.05) is 13.2 Å². The van der Waals surface area contributed by atoms with Crippen LogP contribution in [0.2, 0.25) is 0 Å². The van der Waals surface area contributed by atoms with Crippen molar-refractivity contribution in [3.8, 4) is 0 Å². The fourth-order valence-corrected chi connectivity index (χ4v) is 2.15. The van der Waals surface area contributed by atoms with E-state index < -0.39 is 11.7 Å². The molecule has 1 aliphatic heterocycles. The SMILES string of the molecule is C=CCO/N=C1\CN(C(=O)OC(C)(C)C)NC2=CCCC=C21. The second-order valence-corrected chi connectivity index (χ2v) is 6.11. The molecule has 1 heterocycles. The normalized spacial score (nSPS) is 19.6. The minimum absolute atomic E-state index is 0.287. The number of oxime groups is 1. The lowest BCUT2D eigenvalue weighted by atomic mass is 9.97. The maximum Gasteiger partial charge on any atom is 0.429 e. The molecule has 0 saturated carbocycles. The molecule has 6 nitrogen and oxygen atoms in total. The number of hydrogen-bond donors (Lipinski definition) is 1. The summed E-state index contributed by atoms with van der Waals surface area (Å²) in [7, 11) is 0. The first-order valence-electron chi connectivity index (χ1n) is 7.38. The highest BCUT2D eigenvalue weighted by Gasteiger charge is 2.31. The van der Waals surface area contributed by atoms with Crippen molar-refractivity contribution in [3.63, 3.8) is 0 Å². The Hall–Kier alpha value is -2.24. The van der Waals surface area contributed by atoms with Gasteiger partial charge in [-0.15, -0.1) is 0 Å². The van der Waals surface area contributed by atoms with Crippen LogP contribution in [0.15, 0.2) is 41.2 Å². The Kier molecular flexibility index (Phi) is 4.90. The molecule has 1 N–H and O–H groups in total. The zero-order valence-corrected chi connectivity index (χ0v) is 13.4. The third kappa shape index (κ3) is 4.13. The van der Waals surface area contributed by atoms with Crippen LogP contribution in [0.25, 0.3) is 0 Å². The summed E-state index contributed by atoms with van der Waals surface area (Å²) in [5, 5.41) is 5.55. The van der Waals surface area contributed by atoms with Crippen LogP contribution in [-0.4, -0.2) is 35.6 Å². The van der Waals surface area contributed by atoms with Gasteiger partial charge in [-0.1, -0.05) is 30.0 Å². The molecule has 2 rings (SSSR count). The Balaban J connectivity index is 2.17. The number of fused-ring (bicyclic) bond motifs is 1. The van der Waals surface area contributed by atoms with Gasteiger partial charge in [0.1, 0.15) is 17.9 Å². The van der Waals surface area contributed by atoms with Crippen molar-refractivity contribution >= 4 is 11.8 Å². The van der Waals surface area contributed by atoms with Gasteiger partial charge in [-0.05, 0) is 33.6 Å². The number of nitrogens with zero attached hydrogens (tertiary/aromatic N) is 2. The molecule has 0 bridgehead atoms. The van der Waals surface area contributed by atoms with Gasteiger partial charge in [0.05, 0.1) is 12.2 Å². The van der Waals surface area contributed by atoms with E-state index in [0.717, 1.165) is 24.1 Å². The van der Waals surface area contributed by atoms with Crippen molar-refractivity contribution in [2.45, 2.75) is 39.2 Å². The Labute approximate surface area is 131 Å². The highest BCUT2D eigenvalue weighted by atomic mass is 16.6. The molecular weight excluding hydrogens is 282 g/mol. The number of rotatable bonds is 3. The predicted molar refractivity (Wildman–Crippen MR) is 85.1 cm³/mol. The Bertz CT molecular complexity index is 541. The van der Waals surface area contributed by atoms with Crippen LogP contribution in [0.4, 0.5) is 4.79 Å². The third-order valence-corrected chi connectivity index (χ3v) is 3.01. The van der Waals surface area contributed by atoms with Crippen LogP contribution in [0.3, 0.4) is 0 Å². The van der Waals surface area contributed by atoms with Gasteiger partial charge in [0.15, 0.2) is 0 Å². The van der Waals surface area contributed by atoms with E-state index >= 15 is 0 Å². The molecule has 1 fully saturated rings. The molecule has 1 aliphatic carbocycles. The number of ether oxygens (including phenoxy) is 1. The first-order chi connectivity index (χ1) is 10.4.